The van der Waals surface area contributed by atoms with Crippen molar-refractivity contribution < 1.29 is 48.3 Å². The van der Waals surface area contributed by atoms with Gasteiger partial charge in [-0.05, 0) is 160 Å². The molecule has 0 amide bonds. The van der Waals surface area contributed by atoms with Gasteiger partial charge < -0.3 is 39.4 Å². The van der Waals surface area contributed by atoms with Crippen molar-refractivity contribution in [2.75, 3.05) is 13.1 Å². The van der Waals surface area contributed by atoms with Gasteiger partial charge in [-0.3, -0.25) is 43.2 Å². The average molecular weight is 2040 g/mol. The van der Waals surface area contributed by atoms with Crippen LogP contribution in [0.15, 0.2) is 61.2 Å². The number of aromatic hydroxyl groups is 1. The molecular weight excluding hydrogens is 1850 g/mol. The first-order valence-electron chi connectivity index (χ1n) is 49.9. The molecule has 0 radical (unpaired) electrons. The fourth-order valence-electron chi connectivity index (χ4n) is 13.1. The molecule has 0 bridgehead atoms. The van der Waals surface area contributed by atoms with Gasteiger partial charge in [0.05, 0.1) is 42.2 Å². The van der Waals surface area contributed by atoms with Crippen LogP contribution in [0.5, 0.6) is 5.75 Å². The number of aromatic nitrogens is 10. The van der Waals surface area contributed by atoms with E-state index in [9.17, 15) is 48.3 Å². The Kier molecular flexibility index (Phi) is 47.6. The molecule has 9 aromatic rings. The first kappa shape index (κ1) is 132. The molecule has 0 saturated heterocycles. The van der Waals surface area contributed by atoms with Crippen molar-refractivity contribution in [1.82, 2.24) is 59.2 Å². The number of halogens is 1. The molecule has 0 aliphatic carbocycles. The molecule has 0 saturated carbocycles. The van der Waals surface area contributed by atoms with Gasteiger partial charge in [-0.2, -0.15) is 0 Å². The number of H-pyrrole nitrogens is 2. The standard InChI is InChI=1S/C22H29N3O2.C14H24N2O.C14H23NOS.C14H22OS.C12H25NO.C11H23NO.C10H13ClOS.C10H16N2O.C9H14N2O/c1-21(2,3)11-14-12-25(7)17(18(14)26)20-23-15-9-8-13(10-16(15)24-20)19(27)22(4,5)6;1-13(2,3)8-10-9-16(7)12(15-10)11(17)14(4,5)6;1-9-11(12(16)14(5,6)7)15-10(17-9)8-13(2,3)4;1-13(2,3)9-10-7-8-11(16-10)12(15)14(4,5)6;1-11(2,3)10(14)8-7-9-13-12(4,5)6;1-10(2,3)9(13)7-8-12-11(4,5)6;1-6-5-7(11)8(13-6)9(12)10(2,3)4;1-7-6-12(5)9(11-7)8(13)10(2,3)4;1-6-5-10-8(11-6)7(12)9(2,3)4/h8-10,12,26H,11H2,1-7H3,(H,23,24);9H,8H2,1-7H3;8H2,1-7H3;7-8H,9H2,1-6H3;13H,7-9H2,1-6H3;12H,7-8H2,1-6H3;5H,1-4H3;6H,1-5H3;5H,1-4H3,(H,10,11). The summed E-state index contributed by atoms with van der Waals surface area (Å²) in [5.41, 5.74) is 5.42. The number of carbonyl (C=O) groups is 9. The monoisotopic (exact) mass is 2040 g/mol. The predicted octanol–water partition coefficient (Wildman–Crippen LogP) is 30.2. The van der Waals surface area contributed by atoms with Crippen LogP contribution >= 0.6 is 45.6 Å². The lowest BCUT2D eigenvalue weighted by atomic mass is 9.86. The van der Waals surface area contributed by atoms with E-state index >= 15 is 0 Å². The molecule has 0 atom stereocenters. The average Bonchev–Trinajstić information content (AvgIpc) is 1.62. The molecule has 8 heterocycles. The van der Waals surface area contributed by atoms with Crippen molar-refractivity contribution in [3.63, 3.8) is 0 Å². The number of nitrogens with zero attached hydrogens (tertiary/aromatic N) is 8. The lowest BCUT2D eigenvalue weighted by molar-refractivity contribution is -0.127. The Labute approximate surface area is 874 Å². The molecule has 22 nitrogen and oxygen atoms in total. The normalized spacial score (nSPS) is 12.6. The van der Waals surface area contributed by atoms with Crippen LogP contribution < -0.4 is 10.6 Å². The van der Waals surface area contributed by atoms with Crippen LogP contribution in [0.25, 0.3) is 22.6 Å². The highest BCUT2D eigenvalue weighted by molar-refractivity contribution is 7.15. The number of aromatic amines is 2. The van der Waals surface area contributed by atoms with E-state index in [4.69, 9.17) is 11.6 Å². The number of nitrogens with one attached hydrogen (secondary N) is 4. The Hall–Kier alpha value is -8.33. The van der Waals surface area contributed by atoms with Crippen LogP contribution in [-0.4, -0.2) is 130 Å². The van der Waals surface area contributed by atoms with Gasteiger partial charge in [-0.15, -0.1) is 34.0 Å². The highest BCUT2D eigenvalue weighted by Crippen LogP contribution is 2.40. The number of ketones is 9. The van der Waals surface area contributed by atoms with Crippen molar-refractivity contribution in [3.05, 3.63) is 147 Å². The number of hydrogen-bond donors (Lipinski definition) is 5. The van der Waals surface area contributed by atoms with E-state index in [0.29, 0.717) is 74.6 Å². The number of carbonyl (C=O) groups excluding carboxylic acids is 9. The van der Waals surface area contributed by atoms with E-state index in [1.54, 1.807) is 33.4 Å². The molecule has 142 heavy (non-hydrogen) atoms. The first-order chi connectivity index (χ1) is 63.3. The quantitative estimate of drug-likeness (QED) is 0.0371. The highest BCUT2D eigenvalue weighted by atomic mass is 35.5. The smallest absolute Gasteiger partial charge is 0.203 e. The van der Waals surface area contributed by atoms with Crippen LogP contribution in [0.1, 0.15) is 445 Å². The van der Waals surface area contributed by atoms with Crippen molar-refractivity contribution in [2.45, 2.75) is 395 Å². The van der Waals surface area contributed by atoms with Gasteiger partial charge in [-0.1, -0.05) is 282 Å². The van der Waals surface area contributed by atoms with Crippen molar-refractivity contribution in [1.29, 1.82) is 0 Å². The Morgan fingerprint density at radius 3 is 1.26 bits per heavy atom. The molecule has 5 N–H and O–H groups in total. The molecular formula is C116H189ClN12O10S3. The number of benzene rings is 1. The number of imidazole rings is 4. The predicted molar refractivity (Wildman–Crippen MR) is 599 cm³/mol. The summed E-state index contributed by atoms with van der Waals surface area (Å²) >= 11 is 10.7. The summed E-state index contributed by atoms with van der Waals surface area (Å²) in [6, 6.07) is 11.4. The minimum absolute atomic E-state index is 0.0515. The van der Waals surface area contributed by atoms with Gasteiger partial charge in [0.2, 0.25) is 17.3 Å². The van der Waals surface area contributed by atoms with E-state index in [2.05, 4.69) is 176 Å². The van der Waals surface area contributed by atoms with E-state index < -0.39 is 5.41 Å². The minimum atomic E-state index is -0.436. The summed E-state index contributed by atoms with van der Waals surface area (Å²) in [5, 5.41) is 19.1. The van der Waals surface area contributed by atoms with Gasteiger partial charge in [0.15, 0.2) is 46.4 Å². The van der Waals surface area contributed by atoms with E-state index in [1.165, 1.54) is 16.2 Å². The van der Waals surface area contributed by atoms with Crippen LogP contribution in [0.4, 0.5) is 0 Å². The molecule has 8 aromatic heterocycles. The minimum Gasteiger partial charge on any atom is -0.505 e. The van der Waals surface area contributed by atoms with Gasteiger partial charge >= 0.3 is 0 Å². The number of aryl methyl sites for hydroxylation is 7. The Balaban J connectivity index is 0.000000809. The second-order valence-electron chi connectivity index (χ2n) is 54.0. The SMILES string of the molecule is CC(C)(C)Cc1ccc(C(=O)C(C)(C)C)s1.CC(C)(C)NCCC(=O)C(C)(C)C.CC(C)(C)NCCCC(=O)C(C)(C)C.Cc1cc(Cl)c(C(=O)C(C)(C)C)s1.Cc1cn(C)c(C(=O)C(C)(C)C)n1.Cc1cnc(C(=O)C(C)(C)C)[nH]1.Cc1sc(CC(C)(C)C)nc1C(=O)C(C)(C)C.Cn1cc(CC(C)(C)C)c(O)c1-c1nc2ccc(C(=O)C(C)(C)C)cc2[nH]1.Cn1cc(CC(C)(C)C)nc1C(=O)C(C)(C)C. The maximum Gasteiger partial charge on any atom is 0.203 e. The molecule has 0 unspecified atom stereocenters. The Bertz CT molecular complexity index is 5500. The second-order valence-corrected chi connectivity index (χ2v) is 58.2. The van der Waals surface area contributed by atoms with E-state index in [-0.39, 0.29) is 122 Å². The van der Waals surface area contributed by atoms with Crippen molar-refractivity contribution in [2.24, 2.45) is 91.5 Å². The summed E-state index contributed by atoms with van der Waals surface area (Å²) < 4.78 is 5.52. The van der Waals surface area contributed by atoms with Crippen molar-refractivity contribution in [3.8, 4) is 17.3 Å². The number of thiazole rings is 1. The third-order valence-electron chi connectivity index (χ3n) is 20.9. The maximum atomic E-state index is 12.6. The lowest BCUT2D eigenvalue weighted by Crippen LogP contribution is -2.38. The zero-order valence-electron chi connectivity index (χ0n) is 97.9. The van der Waals surface area contributed by atoms with Crippen LogP contribution in [0.2, 0.25) is 5.02 Å². The number of fused-ring (bicyclic) bond motifs is 1. The van der Waals surface area contributed by atoms with Gasteiger partial charge in [-0.25, -0.2) is 24.9 Å². The third-order valence-corrected chi connectivity index (χ3v) is 24.4. The van der Waals surface area contributed by atoms with Crippen molar-refractivity contribution >= 4 is 109 Å². The fraction of sp³-hybridized carbons (Fsp3) is 0.655. The summed E-state index contributed by atoms with van der Waals surface area (Å²) in [4.78, 5) is 140. The van der Waals surface area contributed by atoms with Gasteiger partial charge in [0.1, 0.15) is 28.7 Å². The first-order valence-corrected chi connectivity index (χ1v) is 52.7. The third kappa shape index (κ3) is 48.3. The second kappa shape index (κ2) is 51.3. The maximum absolute atomic E-state index is 12.6. The zero-order valence-corrected chi connectivity index (χ0v) is 101. The van der Waals surface area contributed by atoms with Gasteiger partial charge in [0, 0.05) is 163 Å². The fourth-order valence-corrected chi connectivity index (χ4v) is 17.3. The number of rotatable bonds is 19. The van der Waals surface area contributed by atoms with Crippen LogP contribution in [-0.2, 0) is 56.4 Å². The molecule has 26 heteroatoms. The summed E-state index contributed by atoms with van der Waals surface area (Å²) in [6.07, 6.45) is 13.3. The summed E-state index contributed by atoms with van der Waals surface area (Å²) in [6.45, 7) is 100. The Morgan fingerprint density at radius 2 is 0.859 bits per heavy atom. The Morgan fingerprint density at radius 1 is 0.415 bits per heavy atom. The number of Topliss-reactive ketones (excluding diaryl/α,β-unsaturated/α-hetero) is 9. The zero-order chi connectivity index (χ0) is 111. The molecule has 0 fully saturated rings. The summed E-state index contributed by atoms with van der Waals surface area (Å²) in [7, 11) is 5.64. The molecule has 798 valence electrons. The number of hydrogen-bond acceptors (Lipinski definition) is 20. The largest absolute Gasteiger partial charge is 0.505 e. The highest BCUT2D eigenvalue weighted by Gasteiger charge is 2.35. The molecule has 0 spiro atoms. The van der Waals surface area contributed by atoms with Gasteiger partial charge in [0.25, 0.3) is 0 Å². The summed E-state index contributed by atoms with van der Waals surface area (Å²) in [5.74, 6) is 3.95. The molecule has 0 aliphatic rings. The van der Waals surface area contributed by atoms with E-state index in [1.807, 2.05) is 294 Å². The van der Waals surface area contributed by atoms with Crippen LogP contribution in [0.3, 0.4) is 0 Å². The molecule has 0 aliphatic heterocycles. The molecule has 1 aromatic carbocycles. The lowest BCUT2D eigenvalue weighted by Gasteiger charge is -2.22. The van der Waals surface area contributed by atoms with E-state index in [0.717, 1.165) is 98.5 Å². The molecule has 9 rings (SSSR count). The topological polar surface area (TPSA) is 309 Å². The number of thiophene rings is 2. The van der Waals surface area contributed by atoms with Crippen LogP contribution in [0, 0.1) is 98.1 Å².